The van der Waals surface area contributed by atoms with Crippen LogP contribution in [0.5, 0.6) is 5.75 Å². The number of nitrogens with zero attached hydrogens (tertiary/aromatic N) is 1. The van der Waals surface area contributed by atoms with Gasteiger partial charge in [0.1, 0.15) is 5.75 Å². The Hall–Kier alpha value is -1.47. The number of amides is 1. The van der Waals surface area contributed by atoms with Crippen molar-refractivity contribution in [1.29, 1.82) is 0 Å². The van der Waals surface area contributed by atoms with E-state index in [1.165, 1.54) is 17.5 Å². The van der Waals surface area contributed by atoms with Crippen molar-refractivity contribution in [3.63, 3.8) is 0 Å². The van der Waals surface area contributed by atoms with Crippen molar-refractivity contribution in [3.05, 3.63) is 23.2 Å². The van der Waals surface area contributed by atoms with E-state index in [4.69, 9.17) is 16.3 Å². The van der Waals surface area contributed by atoms with E-state index in [9.17, 15) is 13.2 Å². The van der Waals surface area contributed by atoms with Gasteiger partial charge in [0.25, 0.3) is 0 Å². The quantitative estimate of drug-likeness (QED) is 0.822. The monoisotopic (exact) mass is 334 g/mol. The molecule has 0 spiro atoms. The largest absolute Gasteiger partial charge is 0.495 e. The Morgan fingerprint density at radius 3 is 2.57 bits per heavy atom. The third-order valence-corrected chi connectivity index (χ3v) is 4.36. The molecule has 118 valence electrons. The maximum atomic E-state index is 11.9. The number of halogens is 1. The third-order valence-electron chi connectivity index (χ3n) is 2.87. The molecule has 0 aliphatic heterocycles. The molecule has 0 radical (unpaired) electrons. The van der Waals surface area contributed by atoms with Crippen LogP contribution in [0.4, 0.5) is 5.69 Å². The molecular weight excluding hydrogens is 316 g/mol. The van der Waals surface area contributed by atoms with Gasteiger partial charge >= 0.3 is 0 Å². The maximum absolute atomic E-state index is 11.9. The van der Waals surface area contributed by atoms with E-state index >= 15 is 0 Å². The molecule has 1 rings (SSSR count). The van der Waals surface area contributed by atoms with Gasteiger partial charge in [-0.05, 0) is 24.6 Å². The van der Waals surface area contributed by atoms with E-state index in [1.807, 2.05) is 0 Å². The number of nitrogens with one attached hydrogen (secondary N) is 1. The molecule has 1 aromatic carbocycles. The minimum absolute atomic E-state index is 0.129. The molecule has 1 amide bonds. The minimum atomic E-state index is -3.46. The number of ether oxygens (including phenoxy) is 1. The van der Waals surface area contributed by atoms with Gasteiger partial charge in [-0.15, -0.1) is 0 Å². The Balaban J connectivity index is 2.93. The van der Waals surface area contributed by atoms with Crippen molar-refractivity contribution in [2.75, 3.05) is 31.3 Å². The number of hydrogen-bond donors (Lipinski definition) is 1. The van der Waals surface area contributed by atoms with Crippen LogP contribution in [0.15, 0.2) is 18.2 Å². The third kappa shape index (κ3) is 5.09. The number of sulfonamides is 1. The van der Waals surface area contributed by atoms with Crippen LogP contribution in [0.1, 0.15) is 12.8 Å². The van der Waals surface area contributed by atoms with Crippen molar-refractivity contribution >= 4 is 33.2 Å². The summed E-state index contributed by atoms with van der Waals surface area (Å²) >= 11 is 6.02. The number of rotatable bonds is 7. The SMILES string of the molecule is CNC(=O)CCCN(c1ccc(OC)c(Cl)c1)S(C)(=O)=O. The Morgan fingerprint density at radius 2 is 2.10 bits per heavy atom. The molecule has 1 N–H and O–H groups in total. The lowest BCUT2D eigenvalue weighted by Gasteiger charge is -2.22. The van der Waals surface area contributed by atoms with Crippen molar-refractivity contribution in [3.8, 4) is 5.75 Å². The van der Waals surface area contributed by atoms with E-state index in [-0.39, 0.29) is 18.9 Å². The normalized spacial score (nSPS) is 11.0. The zero-order valence-corrected chi connectivity index (χ0v) is 13.8. The molecule has 8 heteroatoms. The lowest BCUT2D eigenvalue weighted by Crippen LogP contribution is -2.31. The second-order valence-corrected chi connectivity index (χ2v) is 6.74. The summed E-state index contributed by atoms with van der Waals surface area (Å²) in [6.07, 6.45) is 1.79. The van der Waals surface area contributed by atoms with Crippen LogP contribution < -0.4 is 14.4 Å². The molecule has 0 aromatic heterocycles. The number of anilines is 1. The van der Waals surface area contributed by atoms with Gasteiger partial charge in [0.15, 0.2) is 0 Å². The predicted octanol–water partition coefficient (Wildman–Crippen LogP) is 1.64. The maximum Gasteiger partial charge on any atom is 0.232 e. The highest BCUT2D eigenvalue weighted by Crippen LogP contribution is 2.30. The Bertz CT molecular complexity index is 604. The lowest BCUT2D eigenvalue weighted by molar-refractivity contribution is -0.120. The molecule has 0 aliphatic rings. The standard InChI is InChI=1S/C13H19ClN2O4S/c1-15-13(17)5-4-8-16(21(3,18)19)10-6-7-12(20-2)11(14)9-10/h6-7,9H,4-5,8H2,1-3H3,(H,15,17). The highest BCUT2D eigenvalue weighted by molar-refractivity contribution is 7.92. The topological polar surface area (TPSA) is 75.7 Å². The number of methoxy groups -OCH3 is 1. The molecule has 0 bridgehead atoms. The molecular formula is C13H19ClN2O4S. The Kier molecular flexibility index (Phi) is 6.29. The summed E-state index contributed by atoms with van der Waals surface area (Å²) in [6, 6.07) is 4.75. The van der Waals surface area contributed by atoms with E-state index in [0.717, 1.165) is 6.26 Å². The summed E-state index contributed by atoms with van der Waals surface area (Å²) in [7, 11) is -0.431. The van der Waals surface area contributed by atoms with Gasteiger partial charge in [-0.3, -0.25) is 9.10 Å². The highest BCUT2D eigenvalue weighted by Gasteiger charge is 2.18. The van der Waals surface area contributed by atoms with Crippen LogP contribution in [0.2, 0.25) is 5.02 Å². The van der Waals surface area contributed by atoms with Crippen LogP contribution in [0.25, 0.3) is 0 Å². The predicted molar refractivity (Wildman–Crippen MR) is 83.5 cm³/mol. The molecule has 0 unspecified atom stereocenters. The first-order valence-electron chi connectivity index (χ1n) is 6.31. The van der Waals surface area contributed by atoms with Gasteiger partial charge in [-0.1, -0.05) is 11.6 Å². The zero-order valence-electron chi connectivity index (χ0n) is 12.2. The first-order chi connectivity index (χ1) is 9.79. The minimum Gasteiger partial charge on any atom is -0.495 e. The van der Waals surface area contributed by atoms with Crippen LogP contribution in [0, 0.1) is 0 Å². The fourth-order valence-electron chi connectivity index (χ4n) is 1.81. The van der Waals surface area contributed by atoms with Gasteiger partial charge in [0, 0.05) is 20.0 Å². The van der Waals surface area contributed by atoms with E-state index in [0.29, 0.717) is 22.9 Å². The first-order valence-corrected chi connectivity index (χ1v) is 8.54. The number of benzene rings is 1. The summed E-state index contributed by atoms with van der Waals surface area (Å²) in [6.45, 7) is 0.203. The molecule has 1 aromatic rings. The molecule has 0 heterocycles. The van der Waals surface area contributed by atoms with E-state index < -0.39 is 10.0 Å². The average Bonchev–Trinajstić information content (AvgIpc) is 2.41. The van der Waals surface area contributed by atoms with Crippen molar-refractivity contribution in [2.24, 2.45) is 0 Å². The molecule has 0 aliphatic carbocycles. The van der Waals surface area contributed by atoms with Gasteiger partial charge in [0.05, 0.1) is 24.1 Å². The lowest BCUT2D eigenvalue weighted by atomic mass is 10.2. The fourth-order valence-corrected chi connectivity index (χ4v) is 3.01. The van der Waals surface area contributed by atoms with E-state index in [2.05, 4.69) is 5.32 Å². The van der Waals surface area contributed by atoms with Crippen LogP contribution in [-0.2, 0) is 14.8 Å². The zero-order chi connectivity index (χ0) is 16.0. The van der Waals surface area contributed by atoms with Crippen molar-refractivity contribution in [2.45, 2.75) is 12.8 Å². The fraction of sp³-hybridized carbons (Fsp3) is 0.462. The molecule has 0 fully saturated rings. The van der Waals surface area contributed by atoms with Gasteiger partial charge < -0.3 is 10.1 Å². The summed E-state index contributed by atoms with van der Waals surface area (Å²) in [4.78, 5) is 11.2. The second-order valence-electron chi connectivity index (χ2n) is 4.43. The van der Waals surface area contributed by atoms with Crippen LogP contribution >= 0.6 is 11.6 Å². The van der Waals surface area contributed by atoms with E-state index in [1.54, 1.807) is 19.2 Å². The first kappa shape index (κ1) is 17.6. The summed E-state index contributed by atoms with van der Waals surface area (Å²) in [5.41, 5.74) is 0.445. The number of carbonyl (C=O) groups excluding carboxylic acids is 1. The number of carbonyl (C=O) groups is 1. The second kappa shape index (κ2) is 7.51. The van der Waals surface area contributed by atoms with Crippen LogP contribution in [0.3, 0.4) is 0 Å². The highest BCUT2D eigenvalue weighted by atomic mass is 35.5. The molecule has 0 atom stereocenters. The molecule has 21 heavy (non-hydrogen) atoms. The van der Waals surface area contributed by atoms with Crippen molar-refractivity contribution < 1.29 is 17.9 Å². The molecule has 0 saturated carbocycles. The Labute approximate surface area is 130 Å². The van der Waals surface area contributed by atoms with Crippen molar-refractivity contribution in [1.82, 2.24) is 5.32 Å². The average molecular weight is 335 g/mol. The summed E-state index contributed by atoms with van der Waals surface area (Å²) in [5, 5.41) is 2.83. The summed E-state index contributed by atoms with van der Waals surface area (Å²) < 4.78 is 30.1. The summed E-state index contributed by atoms with van der Waals surface area (Å²) in [5.74, 6) is 0.343. The van der Waals surface area contributed by atoms with Crippen LogP contribution in [-0.4, -0.2) is 41.3 Å². The van der Waals surface area contributed by atoms with Gasteiger partial charge in [-0.25, -0.2) is 8.42 Å². The molecule has 0 saturated heterocycles. The smallest absolute Gasteiger partial charge is 0.232 e. The number of hydrogen-bond acceptors (Lipinski definition) is 4. The van der Waals surface area contributed by atoms with Gasteiger partial charge in [-0.2, -0.15) is 0 Å². The Morgan fingerprint density at radius 1 is 1.43 bits per heavy atom. The van der Waals surface area contributed by atoms with Gasteiger partial charge in [0.2, 0.25) is 15.9 Å². The molecule has 6 nitrogen and oxygen atoms in total.